The zero-order valence-corrected chi connectivity index (χ0v) is 16.6. The molecule has 8 heteroatoms. The zero-order valence-electron chi connectivity index (χ0n) is 15.0. The fourth-order valence-electron chi connectivity index (χ4n) is 2.75. The largest absolute Gasteiger partial charge is 0.455 e. The summed E-state index contributed by atoms with van der Waals surface area (Å²) in [5.41, 5.74) is 1.79. The summed E-state index contributed by atoms with van der Waals surface area (Å²) in [6, 6.07) is 17.1. The molecule has 2 aromatic carbocycles. The summed E-state index contributed by atoms with van der Waals surface area (Å²) in [4.78, 5) is 12.1. The molecule has 3 aromatic rings. The van der Waals surface area contributed by atoms with Gasteiger partial charge in [-0.3, -0.25) is 4.79 Å². The van der Waals surface area contributed by atoms with Crippen molar-refractivity contribution >= 4 is 40.7 Å². The molecule has 0 saturated carbocycles. The molecule has 29 heavy (non-hydrogen) atoms. The predicted octanol–water partition coefficient (Wildman–Crippen LogP) is 4.90. The van der Waals surface area contributed by atoms with Gasteiger partial charge in [-0.25, -0.2) is 4.39 Å². The molecule has 146 valence electrons. The van der Waals surface area contributed by atoms with Gasteiger partial charge in [0.1, 0.15) is 17.3 Å². The Morgan fingerprint density at radius 3 is 2.62 bits per heavy atom. The quantitative estimate of drug-likeness (QED) is 0.465. The Hall–Kier alpha value is -2.90. The van der Waals surface area contributed by atoms with E-state index in [1.807, 2.05) is 18.2 Å². The van der Waals surface area contributed by atoms with Crippen molar-refractivity contribution in [1.82, 2.24) is 5.32 Å². The molecule has 2 heterocycles. The van der Waals surface area contributed by atoms with Crippen LogP contribution in [0.1, 0.15) is 11.3 Å². The highest BCUT2D eigenvalue weighted by Gasteiger charge is 2.30. The lowest BCUT2D eigenvalue weighted by atomic mass is 10.1. The number of carbonyl (C=O) groups is 1. The van der Waals surface area contributed by atoms with Crippen LogP contribution in [-0.4, -0.2) is 22.5 Å². The third kappa shape index (κ3) is 4.93. The molecule has 1 amide bonds. The number of carbonyl (C=O) groups excluding carboxylic acids is 1. The van der Waals surface area contributed by atoms with Crippen molar-refractivity contribution in [2.75, 3.05) is 0 Å². The van der Waals surface area contributed by atoms with Crippen molar-refractivity contribution < 1.29 is 13.6 Å². The minimum absolute atomic E-state index is 0.142. The topological polar surface area (TPSA) is 67.0 Å². The number of amides is 1. The van der Waals surface area contributed by atoms with Crippen molar-refractivity contribution in [2.24, 2.45) is 10.2 Å². The smallest absolute Gasteiger partial charge is 0.239 e. The summed E-state index contributed by atoms with van der Waals surface area (Å²) in [6.07, 6.45) is 1.97. The summed E-state index contributed by atoms with van der Waals surface area (Å²) in [5.74, 6) is 0.789. The molecule has 1 fully saturated rings. The van der Waals surface area contributed by atoms with Crippen LogP contribution in [0, 0.1) is 5.82 Å². The maximum Gasteiger partial charge on any atom is 0.239 e. The molecule has 1 aromatic heterocycles. The second kappa shape index (κ2) is 8.63. The predicted molar refractivity (Wildman–Crippen MR) is 114 cm³/mol. The minimum atomic E-state index is -0.325. The summed E-state index contributed by atoms with van der Waals surface area (Å²) in [5, 5.41) is 11.5. The number of thioether (sulfide) groups is 1. The first-order chi connectivity index (χ1) is 14.1. The monoisotopic (exact) mass is 427 g/mol. The molecule has 1 saturated heterocycles. The van der Waals surface area contributed by atoms with Crippen LogP contribution in [0.4, 0.5) is 4.39 Å². The summed E-state index contributed by atoms with van der Waals surface area (Å²) >= 11 is 7.19. The highest BCUT2D eigenvalue weighted by Crippen LogP contribution is 2.24. The third-order valence-electron chi connectivity index (χ3n) is 4.20. The molecule has 1 aliphatic heterocycles. The van der Waals surface area contributed by atoms with Gasteiger partial charge in [-0.1, -0.05) is 35.5 Å². The van der Waals surface area contributed by atoms with Crippen LogP contribution >= 0.6 is 23.4 Å². The van der Waals surface area contributed by atoms with E-state index in [4.69, 9.17) is 16.0 Å². The Labute approximate surface area is 175 Å². The first-order valence-electron chi connectivity index (χ1n) is 8.75. The SMILES string of the molecule is O=C1N/C(=N\N=C\c2ccc(-c3ccc(Cl)cc3)o2)SC1Cc1ccc(F)cc1. The highest BCUT2D eigenvalue weighted by molar-refractivity contribution is 8.15. The van der Waals surface area contributed by atoms with Crippen LogP contribution in [0.5, 0.6) is 0 Å². The number of halogens is 2. The van der Waals surface area contributed by atoms with Gasteiger partial charge in [0.2, 0.25) is 5.91 Å². The minimum Gasteiger partial charge on any atom is -0.455 e. The van der Waals surface area contributed by atoms with E-state index in [-0.39, 0.29) is 17.0 Å². The average molecular weight is 428 g/mol. The normalized spacial score (nSPS) is 17.9. The van der Waals surface area contributed by atoms with Gasteiger partial charge in [0.15, 0.2) is 5.17 Å². The van der Waals surface area contributed by atoms with E-state index in [1.54, 1.807) is 30.3 Å². The van der Waals surface area contributed by atoms with E-state index in [2.05, 4.69) is 15.5 Å². The molecule has 0 aliphatic carbocycles. The first kappa shape index (κ1) is 19.4. The molecule has 1 aliphatic rings. The van der Waals surface area contributed by atoms with Crippen molar-refractivity contribution in [1.29, 1.82) is 0 Å². The average Bonchev–Trinajstić information content (AvgIpc) is 3.31. The number of hydrogen-bond acceptors (Lipinski definition) is 5. The van der Waals surface area contributed by atoms with E-state index in [1.165, 1.54) is 30.1 Å². The van der Waals surface area contributed by atoms with Gasteiger partial charge >= 0.3 is 0 Å². The number of furan rings is 1. The third-order valence-corrected chi connectivity index (χ3v) is 5.52. The van der Waals surface area contributed by atoms with Crippen LogP contribution in [0.25, 0.3) is 11.3 Å². The molecular weight excluding hydrogens is 413 g/mol. The molecular formula is C21H15ClFN3O2S. The summed E-state index contributed by atoms with van der Waals surface area (Å²) < 4.78 is 18.7. The lowest BCUT2D eigenvalue weighted by Crippen LogP contribution is -2.25. The van der Waals surface area contributed by atoms with E-state index < -0.39 is 0 Å². The number of nitrogens with zero attached hydrogens (tertiary/aromatic N) is 2. The molecule has 1 unspecified atom stereocenters. The Morgan fingerprint density at radius 2 is 1.86 bits per heavy atom. The molecule has 1 atom stereocenters. The Kier molecular flexibility index (Phi) is 5.78. The Balaban J connectivity index is 1.38. The lowest BCUT2D eigenvalue weighted by Gasteiger charge is -2.04. The van der Waals surface area contributed by atoms with Gasteiger partial charge in [0.05, 0.1) is 11.5 Å². The summed E-state index contributed by atoms with van der Waals surface area (Å²) in [6.45, 7) is 0. The van der Waals surface area contributed by atoms with Gasteiger partial charge in [0, 0.05) is 10.6 Å². The lowest BCUT2D eigenvalue weighted by molar-refractivity contribution is -0.118. The van der Waals surface area contributed by atoms with Crippen molar-refractivity contribution in [2.45, 2.75) is 11.7 Å². The number of amidine groups is 1. The molecule has 0 radical (unpaired) electrons. The van der Waals surface area contributed by atoms with Crippen LogP contribution in [-0.2, 0) is 11.2 Å². The molecule has 1 N–H and O–H groups in total. The molecule has 5 nitrogen and oxygen atoms in total. The van der Waals surface area contributed by atoms with Crippen LogP contribution in [0.3, 0.4) is 0 Å². The first-order valence-corrected chi connectivity index (χ1v) is 10.0. The van der Waals surface area contributed by atoms with E-state index in [9.17, 15) is 9.18 Å². The number of hydrogen-bond donors (Lipinski definition) is 1. The van der Waals surface area contributed by atoms with Gasteiger partial charge in [-0.15, -0.1) is 5.10 Å². The van der Waals surface area contributed by atoms with E-state index in [0.717, 1.165) is 11.1 Å². The summed E-state index contributed by atoms with van der Waals surface area (Å²) in [7, 11) is 0. The van der Waals surface area contributed by atoms with Crippen molar-refractivity contribution in [3.63, 3.8) is 0 Å². The van der Waals surface area contributed by atoms with Gasteiger partial charge in [0.25, 0.3) is 0 Å². The standard InChI is InChI=1S/C21H15ClFN3O2S/c22-15-5-3-14(4-6-15)18-10-9-17(28-18)12-24-26-21-25-20(27)19(29-21)11-13-1-7-16(23)8-2-13/h1-10,12,19H,11H2,(H,25,26,27)/b24-12+. The van der Waals surface area contributed by atoms with Crippen LogP contribution < -0.4 is 5.32 Å². The molecule has 0 bridgehead atoms. The van der Waals surface area contributed by atoms with Crippen molar-refractivity contribution in [3.05, 3.63) is 82.8 Å². The van der Waals surface area contributed by atoms with E-state index >= 15 is 0 Å². The maximum atomic E-state index is 13.0. The number of benzene rings is 2. The van der Waals surface area contributed by atoms with Gasteiger partial charge in [-0.05, 0) is 60.5 Å². The fraction of sp³-hybridized carbons (Fsp3) is 0.0952. The second-order valence-electron chi connectivity index (χ2n) is 6.28. The van der Waals surface area contributed by atoms with Crippen LogP contribution in [0.2, 0.25) is 5.02 Å². The van der Waals surface area contributed by atoms with Crippen LogP contribution in [0.15, 0.2) is 75.3 Å². The zero-order chi connectivity index (χ0) is 20.2. The van der Waals surface area contributed by atoms with Gasteiger partial charge < -0.3 is 9.73 Å². The molecule has 0 spiro atoms. The number of rotatable bonds is 5. The maximum absolute atomic E-state index is 13.0. The second-order valence-corrected chi connectivity index (χ2v) is 7.91. The fourth-order valence-corrected chi connectivity index (χ4v) is 3.84. The number of nitrogens with one attached hydrogen (secondary N) is 1. The molecule has 4 rings (SSSR count). The highest BCUT2D eigenvalue weighted by atomic mass is 35.5. The van der Waals surface area contributed by atoms with E-state index in [0.29, 0.717) is 28.1 Å². The Bertz CT molecular complexity index is 1080. The van der Waals surface area contributed by atoms with Gasteiger partial charge in [-0.2, -0.15) is 5.10 Å². The van der Waals surface area contributed by atoms with Crippen molar-refractivity contribution in [3.8, 4) is 11.3 Å². The Morgan fingerprint density at radius 1 is 1.10 bits per heavy atom.